The van der Waals surface area contributed by atoms with Crippen LogP contribution in [-0.4, -0.2) is 33.4 Å². The molecule has 1 atom stereocenters. The van der Waals surface area contributed by atoms with Gasteiger partial charge < -0.3 is 14.0 Å². The SMILES string of the molecule is Cc1c(CC(=O)N(C)[C@H](C)c2ccon2)c2c(n1CC(C)C)CC(C)(C)CC2=O. The molecule has 2 aromatic rings. The summed E-state index contributed by atoms with van der Waals surface area (Å²) in [5.41, 5.74) is 4.50. The molecule has 0 saturated carbocycles. The van der Waals surface area contributed by atoms with E-state index in [9.17, 15) is 9.59 Å². The maximum atomic E-state index is 13.1. The van der Waals surface area contributed by atoms with Crippen LogP contribution in [0.5, 0.6) is 0 Å². The van der Waals surface area contributed by atoms with Crippen LogP contribution in [-0.2, 0) is 24.2 Å². The van der Waals surface area contributed by atoms with Crippen LogP contribution in [0.25, 0.3) is 0 Å². The highest BCUT2D eigenvalue weighted by Gasteiger charge is 2.37. The van der Waals surface area contributed by atoms with Crippen LogP contribution in [0.1, 0.15) is 80.1 Å². The Morgan fingerprint density at radius 1 is 1.31 bits per heavy atom. The Balaban J connectivity index is 1.96. The third-order valence-corrected chi connectivity index (χ3v) is 6.06. The van der Waals surface area contributed by atoms with Gasteiger partial charge >= 0.3 is 0 Å². The first-order valence-corrected chi connectivity index (χ1v) is 10.4. The summed E-state index contributed by atoms with van der Waals surface area (Å²) in [4.78, 5) is 27.9. The number of likely N-dealkylation sites (N-methyl/N-ethyl adjacent to an activating group) is 1. The second kappa shape index (κ2) is 7.81. The molecular weight excluding hydrogens is 366 g/mol. The van der Waals surface area contributed by atoms with Crippen molar-refractivity contribution in [3.63, 3.8) is 0 Å². The average Bonchev–Trinajstić information content (AvgIpc) is 3.23. The Hall–Kier alpha value is -2.37. The molecule has 2 heterocycles. The van der Waals surface area contributed by atoms with E-state index in [1.54, 1.807) is 18.0 Å². The summed E-state index contributed by atoms with van der Waals surface area (Å²) < 4.78 is 7.20. The lowest BCUT2D eigenvalue weighted by atomic mass is 9.75. The third kappa shape index (κ3) is 4.16. The Morgan fingerprint density at radius 3 is 2.59 bits per heavy atom. The van der Waals surface area contributed by atoms with Gasteiger partial charge in [-0.15, -0.1) is 0 Å². The van der Waals surface area contributed by atoms with E-state index < -0.39 is 0 Å². The van der Waals surface area contributed by atoms with Crippen LogP contribution in [0.15, 0.2) is 16.9 Å². The summed E-state index contributed by atoms with van der Waals surface area (Å²) in [5.74, 6) is 0.603. The molecule has 0 saturated heterocycles. The molecule has 1 amide bonds. The van der Waals surface area contributed by atoms with E-state index in [0.29, 0.717) is 12.3 Å². The van der Waals surface area contributed by atoms with E-state index >= 15 is 0 Å². The van der Waals surface area contributed by atoms with Gasteiger partial charge in [0, 0.05) is 43.0 Å². The van der Waals surface area contributed by atoms with E-state index in [2.05, 4.69) is 37.4 Å². The van der Waals surface area contributed by atoms with Crippen LogP contribution < -0.4 is 0 Å². The zero-order chi connectivity index (χ0) is 21.5. The number of nitrogens with zero attached hydrogens (tertiary/aromatic N) is 3. The number of carbonyl (C=O) groups is 2. The van der Waals surface area contributed by atoms with E-state index in [0.717, 1.165) is 41.2 Å². The van der Waals surface area contributed by atoms with Gasteiger partial charge in [-0.3, -0.25) is 9.59 Å². The van der Waals surface area contributed by atoms with Gasteiger partial charge in [0.15, 0.2) is 5.78 Å². The van der Waals surface area contributed by atoms with Crippen LogP contribution in [0.4, 0.5) is 0 Å². The highest BCUT2D eigenvalue weighted by Crippen LogP contribution is 2.39. The number of rotatable bonds is 6. The molecule has 0 N–H and O–H groups in total. The number of aromatic nitrogens is 2. The third-order valence-electron chi connectivity index (χ3n) is 6.06. The lowest BCUT2D eigenvalue weighted by Gasteiger charge is -2.30. The van der Waals surface area contributed by atoms with Crippen molar-refractivity contribution in [3.05, 3.63) is 40.5 Å². The normalized spacial score (nSPS) is 16.8. The van der Waals surface area contributed by atoms with Gasteiger partial charge in [0.2, 0.25) is 5.91 Å². The monoisotopic (exact) mass is 399 g/mol. The first kappa shape index (κ1) is 21.3. The molecule has 6 heteroatoms. The molecule has 0 aliphatic heterocycles. The second-order valence-electron chi connectivity index (χ2n) is 9.61. The number of ketones is 1. The highest BCUT2D eigenvalue weighted by molar-refractivity contribution is 6.01. The molecule has 1 aliphatic rings. The number of carbonyl (C=O) groups excluding carboxylic acids is 2. The van der Waals surface area contributed by atoms with Gasteiger partial charge in [-0.1, -0.05) is 32.9 Å². The molecule has 158 valence electrons. The number of hydrogen-bond donors (Lipinski definition) is 0. The van der Waals surface area contributed by atoms with Crippen LogP contribution >= 0.6 is 0 Å². The van der Waals surface area contributed by atoms with Gasteiger partial charge in [-0.05, 0) is 37.2 Å². The van der Waals surface area contributed by atoms with Gasteiger partial charge in [-0.2, -0.15) is 0 Å². The summed E-state index contributed by atoms with van der Waals surface area (Å²) in [5, 5.41) is 3.95. The molecule has 0 unspecified atom stereocenters. The summed E-state index contributed by atoms with van der Waals surface area (Å²) in [6.45, 7) is 13.5. The van der Waals surface area contributed by atoms with E-state index in [1.165, 1.54) is 6.26 Å². The fourth-order valence-electron chi connectivity index (χ4n) is 4.36. The molecule has 0 spiro atoms. The molecule has 2 aromatic heterocycles. The van der Waals surface area contributed by atoms with E-state index in [-0.39, 0.29) is 29.6 Å². The smallest absolute Gasteiger partial charge is 0.227 e. The van der Waals surface area contributed by atoms with Gasteiger partial charge in [0.05, 0.1) is 12.5 Å². The van der Waals surface area contributed by atoms with Crippen LogP contribution in [0, 0.1) is 18.3 Å². The van der Waals surface area contributed by atoms with Crippen molar-refractivity contribution in [1.82, 2.24) is 14.6 Å². The lowest BCUT2D eigenvalue weighted by Crippen LogP contribution is -2.32. The minimum absolute atomic E-state index is 0.0225. The summed E-state index contributed by atoms with van der Waals surface area (Å²) >= 11 is 0. The Bertz CT molecular complexity index is 906. The lowest BCUT2D eigenvalue weighted by molar-refractivity contribution is -0.131. The van der Waals surface area contributed by atoms with Crippen molar-refractivity contribution in [3.8, 4) is 0 Å². The molecule has 0 aromatic carbocycles. The summed E-state index contributed by atoms with van der Waals surface area (Å²) in [6, 6.07) is 1.58. The van der Waals surface area contributed by atoms with Crippen molar-refractivity contribution in [1.29, 1.82) is 0 Å². The maximum Gasteiger partial charge on any atom is 0.227 e. The minimum Gasteiger partial charge on any atom is -0.364 e. The molecule has 0 bridgehead atoms. The van der Waals surface area contributed by atoms with Crippen molar-refractivity contribution in [2.24, 2.45) is 11.3 Å². The zero-order valence-corrected chi connectivity index (χ0v) is 18.7. The Kier molecular flexibility index (Phi) is 5.74. The zero-order valence-electron chi connectivity index (χ0n) is 18.7. The standard InChI is InChI=1S/C23H33N3O3/c1-14(2)13-26-15(3)17(22-19(26)11-23(5,6)12-20(22)27)10-21(28)25(7)16(4)18-8-9-29-24-18/h8-9,14,16H,10-13H2,1-7H3/t16-/m1/s1. The van der Waals surface area contributed by atoms with Crippen molar-refractivity contribution >= 4 is 11.7 Å². The van der Waals surface area contributed by atoms with Gasteiger partial charge in [-0.25, -0.2) is 0 Å². The molecule has 0 radical (unpaired) electrons. The maximum absolute atomic E-state index is 13.1. The first-order valence-electron chi connectivity index (χ1n) is 10.4. The fraction of sp³-hybridized carbons (Fsp3) is 0.609. The van der Waals surface area contributed by atoms with Gasteiger partial charge in [0.1, 0.15) is 12.0 Å². The first-order chi connectivity index (χ1) is 13.5. The number of hydrogen-bond acceptors (Lipinski definition) is 4. The highest BCUT2D eigenvalue weighted by atomic mass is 16.5. The Labute approximate surface area is 173 Å². The average molecular weight is 400 g/mol. The molecular formula is C23H33N3O3. The van der Waals surface area contributed by atoms with Crippen molar-refractivity contribution < 1.29 is 14.1 Å². The second-order valence-corrected chi connectivity index (χ2v) is 9.61. The quantitative estimate of drug-likeness (QED) is 0.724. The van der Waals surface area contributed by atoms with Crippen LogP contribution in [0.3, 0.4) is 0 Å². The van der Waals surface area contributed by atoms with Gasteiger partial charge in [0.25, 0.3) is 0 Å². The van der Waals surface area contributed by atoms with Crippen molar-refractivity contribution in [2.45, 2.75) is 73.4 Å². The molecule has 0 fully saturated rings. The number of amides is 1. The van der Waals surface area contributed by atoms with Crippen molar-refractivity contribution in [2.75, 3.05) is 7.05 Å². The number of Topliss-reactive ketones (excluding diaryl/α,β-unsaturated/α-hetero) is 1. The summed E-state index contributed by atoms with van der Waals surface area (Å²) in [6.07, 6.45) is 3.12. The number of fused-ring (bicyclic) bond motifs is 1. The minimum atomic E-state index is -0.190. The topological polar surface area (TPSA) is 68.3 Å². The molecule has 29 heavy (non-hydrogen) atoms. The largest absolute Gasteiger partial charge is 0.364 e. The predicted molar refractivity (Wildman–Crippen MR) is 112 cm³/mol. The predicted octanol–water partition coefficient (Wildman–Crippen LogP) is 4.36. The summed E-state index contributed by atoms with van der Waals surface area (Å²) in [7, 11) is 1.78. The Morgan fingerprint density at radius 2 is 2.00 bits per heavy atom. The fourth-order valence-corrected chi connectivity index (χ4v) is 4.36. The van der Waals surface area contributed by atoms with E-state index in [4.69, 9.17) is 4.52 Å². The molecule has 1 aliphatic carbocycles. The molecule has 3 rings (SSSR count). The van der Waals surface area contributed by atoms with Crippen LogP contribution in [0.2, 0.25) is 0 Å². The van der Waals surface area contributed by atoms with E-state index in [1.807, 2.05) is 13.8 Å². The molecule has 6 nitrogen and oxygen atoms in total.